The van der Waals surface area contributed by atoms with Crippen LogP contribution in [0, 0.1) is 5.92 Å². The lowest BCUT2D eigenvalue weighted by Gasteiger charge is -2.47. The van der Waals surface area contributed by atoms with Crippen molar-refractivity contribution >= 4 is 91.6 Å². The first-order valence-corrected chi connectivity index (χ1v) is 28.1. The van der Waals surface area contributed by atoms with Gasteiger partial charge in [-0.3, -0.25) is 34.2 Å². The molecule has 5 aromatic rings. The fourth-order valence-electron chi connectivity index (χ4n) is 11.2. The Kier molecular flexibility index (Phi) is 13.8. The number of nitrogens with zero attached hydrogens (tertiary/aromatic N) is 9. The molecule has 0 spiro atoms. The molecule has 0 bridgehead atoms. The summed E-state index contributed by atoms with van der Waals surface area (Å²) >= 11 is 3.61. The molecular weight excluding hydrogens is 988 g/mol. The van der Waals surface area contributed by atoms with E-state index in [2.05, 4.69) is 92.5 Å². The summed E-state index contributed by atoms with van der Waals surface area (Å²) in [6, 6.07) is 13.6. The standard InChI is InChI=1S/C51H62BrN12O6P/c1-6-31-25-40(57-51-55-28-37(52)47(59-51)56-39-10-9-38-45(54-16-15-53-38)46(39)71(4,5)69)43(70-3)27-42(31)63-17-13-32(14-18-63)62-21-19-61(20-22-62)29-30-23-34(24-30)60(2)33-7-8-35-36(26-33)50(68)64(49(35)67)41-11-12-44(65)58-48(41)66/h7-10,15-16,25-28,30,32,34,41,48,66H,6,11-14,17-24,29H2,1-5H3,(H,58,65)(H2,55,56,57,59)/t30-,34-,41?,48?. The number of amides is 3. The highest BCUT2D eigenvalue weighted by atomic mass is 79.9. The number of nitrogens with one attached hydrogen (secondary N) is 3. The number of piperidine rings is 2. The van der Waals surface area contributed by atoms with Gasteiger partial charge in [0.15, 0.2) is 0 Å². The van der Waals surface area contributed by atoms with Gasteiger partial charge in [-0.25, -0.2) is 4.98 Å². The van der Waals surface area contributed by atoms with Crippen LogP contribution in [0.4, 0.5) is 34.5 Å². The number of aromatic nitrogens is 4. The first-order valence-electron chi connectivity index (χ1n) is 24.7. The summed E-state index contributed by atoms with van der Waals surface area (Å²) in [7, 11) is 0.968. The van der Waals surface area contributed by atoms with Gasteiger partial charge in [0.05, 0.1) is 50.9 Å². The number of hydrogen-bond donors (Lipinski definition) is 4. The van der Waals surface area contributed by atoms with E-state index >= 15 is 0 Å². The molecule has 4 fully saturated rings. The third-order valence-corrected chi connectivity index (χ3v) is 17.3. The van der Waals surface area contributed by atoms with Gasteiger partial charge in [0.2, 0.25) is 11.9 Å². The molecule has 3 aromatic carbocycles. The topological polar surface area (TPSA) is 202 Å². The molecule has 0 radical (unpaired) electrons. The van der Waals surface area contributed by atoms with Crippen LogP contribution >= 0.6 is 23.1 Å². The van der Waals surface area contributed by atoms with Crippen LogP contribution in [0.3, 0.4) is 0 Å². The normalized spacial score (nSPS) is 22.3. The predicted octanol–water partition coefficient (Wildman–Crippen LogP) is 6.18. The largest absolute Gasteiger partial charge is 0.494 e. The van der Waals surface area contributed by atoms with E-state index in [0.29, 0.717) is 73.1 Å². The second kappa shape index (κ2) is 20.1. The third-order valence-electron chi connectivity index (χ3n) is 15.2. The Bertz CT molecular complexity index is 2920. The average molecular weight is 1050 g/mol. The summed E-state index contributed by atoms with van der Waals surface area (Å²) in [5.41, 5.74) is 6.68. The van der Waals surface area contributed by atoms with E-state index in [9.17, 15) is 24.1 Å². The van der Waals surface area contributed by atoms with Crippen molar-refractivity contribution in [3.63, 3.8) is 0 Å². The molecule has 20 heteroatoms. The highest BCUT2D eigenvalue weighted by molar-refractivity contribution is 9.10. The average Bonchev–Trinajstić information content (AvgIpc) is 3.60. The Hall–Kier alpha value is -5.72. The number of benzene rings is 3. The van der Waals surface area contributed by atoms with Gasteiger partial charge in [0.1, 0.15) is 30.5 Å². The fraction of sp³-hybridized carbons (Fsp3) is 0.471. The van der Waals surface area contributed by atoms with E-state index in [4.69, 9.17) is 9.72 Å². The fourth-order valence-corrected chi connectivity index (χ4v) is 12.9. The molecule has 3 amide bonds. The molecule has 1 aliphatic carbocycles. The van der Waals surface area contributed by atoms with Crippen molar-refractivity contribution in [3.8, 4) is 5.75 Å². The number of rotatable bonds is 14. The van der Waals surface area contributed by atoms with Gasteiger partial charge in [-0.1, -0.05) is 6.92 Å². The zero-order chi connectivity index (χ0) is 49.7. The van der Waals surface area contributed by atoms with Crippen molar-refractivity contribution in [1.82, 2.24) is 40.0 Å². The Balaban J connectivity index is 0.705. The number of carbonyl (C=O) groups is 3. The number of methoxy groups -OCH3 is 1. The zero-order valence-corrected chi connectivity index (χ0v) is 43.4. The van der Waals surface area contributed by atoms with Gasteiger partial charge in [0.25, 0.3) is 11.8 Å². The molecule has 4 N–H and O–H groups in total. The quantitative estimate of drug-likeness (QED) is 0.0725. The number of piperazine rings is 1. The van der Waals surface area contributed by atoms with E-state index < -0.39 is 31.2 Å². The molecule has 4 aliphatic heterocycles. The Morgan fingerprint density at radius 3 is 2.37 bits per heavy atom. The summed E-state index contributed by atoms with van der Waals surface area (Å²) in [5, 5.41) is 20.3. The molecule has 6 heterocycles. The van der Waals surface area contributed by atoms with E-state index in [1.54, 1.807) is 45.1 Å². The monoisotopic (exact) mass is 1050 g/mol. The summed E-state index contributed by atoms with van der Waals surface area (Å²) in [4.78, 5) is 68.0. The first kappa shape index (κ1) is 48.9. The van der Waals surface area contributed by atoms with Gasteiger partial charge >= 0.3 is 0 Å². The second-order valence-corrected chi connectivity index (χ2v) is 23.9. The SMILES string of the molecule is CCc1cc(Nc2ncc(Br)c(Nc3ccc4nccnc4c3P(C)(C)=O)n2)c(OC)cc1N1CCC(N2CCN(C[C@H]3C[C@H](N(C)c4ccc5c(c4)C(=O)N(C4CCC(=O)NC4O)C5=O)C3)CC2)CC1. The predicted molar refractivity (Wildman–Crippen MR) is 280 cm³/mol. The molecule has 2 unspecified atom stereocenters. The number of carbonyl (C=O) groups excluding carboxylic acids is 3. The van der Waals surface area contributed by atoms with Crippen LogP contribution in [0.15, 0.2) is 65.5 Å². The number of anilines is 6. The number of aryl methyl sites for hydroxylation is 1. The van der Waals surface area contributed by atoms with E-state index in [0.717, 1.165) is 94.2 Å². The van der Waals surface area contributed by atoms with Crippen LogP contribution in [-0.2, 0) is 15.8 Å². The summed E-state index contributed by atoms with van der Waals surface area (Å²) in [6.07, 6.45) is 9.24. The molecule has 2 atom stereocenters. The van der Waals surface area contributed by atoms with Crippen molar-refractivity contribution in [2.75, 3.05) is 93.7 Å². The smallest absolute Gasteiger partial charge is 0.262 e. The van der Waals surface area contributed by atoms with Gasteiger partial charge in [-0.05, 0) is 116 Å². The van der Waals surface area contributed by atoms with E-state index in [-0.39, 0.29) is 18.7 Å². The number of fused-ring (bicyclic) bond motifs is 2. The van der Waals surface area contributed by atoms with E-state index in [1.807, 2.05) is 24.3 Å². The summed E-state index contributed by atoms with van der Waals surface area (Å²) in [5.74, 6) is 1.07. The Morgan fingerprint density at radius 1 is 0.901 bits per heavy atom. The van der Waals surface area contributed by atoms with Crippen molar-refractivity contribution in [1.29, 1.82) is 0 Å². The van der Waals surface area contributed by atoms with Gasteiger partial charge in [0, 0.05) is 107 Å². The zero-order valence-electron chi connectivity index (χ0n) is 40.9. The number of ether oxygens (including phenoxy) is 1. The molecule has 2 aromatic heterocycles. The van der Waals surface area contributed by atoms with Crippen LogP contribution < -0.4 is 35.8 Å². The minimum atomic E-state index is -2.78. The van der Waals surface area contributed by atoms with Gasteiger partial charge in [-0.2, -0.15) is 4.98 Å². The van der Waals surface area contributed by atoms with Gasteiger partial charge < -0.3 is 45.1 Å². The molecule has 3 saturated heterocycles. The van der Waals surface area contributed by atoms with Crippen LogP contribution in [0.2, 0.25) is 0 Å². The van der Waals surface area contributed by atoms with Crippen LogP contribution in [0.1, 0.15) is 71.7 Å². The lowest BCUT2D eigenvalue weighted by Crippen LogP contribution is -2.57. The molecule has 5 aliphatic rings. The number of imide groups is 1. The first-order chi connectivity index (χ1) is 34.2. The van der Waals surface area contributed by atoms with Crippen molar-refractivity contribution < 1.29 is 28.8 Å². The molecular formula is C51H62BrN12O6P. The van der Waals surface area contributed by atoms with Crippen LogP contribution in [-0.4, -0.2) is 155 Å². The lowest BCUT2D eigenvalue weighted by atomic mass is 9.78. The lowest BCUT2D eigenvalue weighted by molar-refractivity contribution is -0.129. The maximum absolute atomic E-state index is 13.6. The molecule has 71 heavy (non-hydrogen) atoms. The summed E-state index contributed by atoms with van der Waals surface area (Å²) in [6.45, 7) is 12.9. The molecule has 1 saturated carbocycles. The third kappa shape index (κ3) is 9.83. The highest BCUT2D eigenvalue weighted by Gasteiger charge is 2.45. The number of halogens is 1. The highest BCUT2D eigenvalue weighted by Crippen LogP contribution is 2.43. The number of aliphatic hydroxyl groups is 1. The number of hydrogen-bond acceptors (Lipinski definition) is 16. The number of aliphatic hydroxyl groups excluding tert-OH is 1. The van der Waals surface area contributed by atoms with Gasteiger partial charge in [-0.15, -0.1) is 0 Å². The molecule has 18 nitrogen and oxygen atoms in total. The minimum Gasteiger partial charge on any atom is -0.494 e. The molecule has 10 rings (SSSR count). The second-order valence-electron chi connectivity index (χ2n) is 19.9. The minimum absolute atomic E-state index is 0.155. The van der Waals surface area contributed by atoms with Crippen LogP contribution in [0.5, 0.6) is 5.75 Å². The van der Waals surface area contributed by atoms with Crippen molar-refractivity contribution in [2.24, 2.45) is 5.92 Å². The summed E-state index contributed by atoms with van der Waals surface area (Å²) < 4.78 is 20.2. The maximum Gasteiger partial charge on any atom is 0.262 e. The van der Waals surface area contributed by atoms with Crippen molar-refractivity contribution in [2.45, 2.75) is 76.2 Å². The van der Waals surface area contributed by atoms with E-state index in [1.165, 1.54) is 11.3 Å². The van der Waals surface area contributed by atoms with Crippen LogP contribution in [0.25, 0.3) is 11.0 Å². The molecule has 374 valence electrons. The van der Waals surface area contributed by atoms with Crippen molar-refractivity contribution in [3.05, 3.63) is 82.2 Å². The Morgan fingerprint density at radius 2 is 1.65 bits per heavy atom. The Labute approximate surface area is 422 Å². The maximum atomic E-state index is 13.6.